The van der Waals surface area contributed by atoms with Crippen molar-refractivity contribution in [3.63, 3.8) is 0 Å². The number of aliphatic hydroxyl groups excluding tert-OH is 3. The van der Waals surface area contributed by atoms with E-state index in [1.807, 2.05) is 5.32 Å². The van der Waals surface area contributed by atoms with Crippen molar-refractivity contribution in [2.24, 2.45) is 5.90 Å². The summed E-state index contributed by atoms with van der Waals surface area (Å²) >= 11 is 0. The van der Waals surface area contributed by atoms with E-state index in [4.69, 9.17) is 5.11 Å². The van der Waals surface area contributed by atoms with Gasteiger partial charge in [0.05, 0.1) is 0 Å². The summed E-state index contributed by atoms with van der Waals surface area (Å²) in [5.41, 5.74) is 0. The predicted molar refractivity (Wildman–Crippen MR) is 48.1 cm³/mol. The van der Waals surface area contributed by atoms with E-state index in [0.29, 0.717) is 0 Å². The Hall–Kier alpha value is -1.46. The standard InChI is InChI=1S/C7H12N2O8/c8-17-7(15)9-5-3(12)1(10)2(11)4(16-5)6(13)14/h1-5,10-12H,8H2,(H,9,15)(H,13,14)/t1-,2-,3+,4-,5+/m0/s1. The fourth-order valence-corrected chi connectivity index (χ4v) is 1.35. The Labute approximate surface area is 94.5 Å². The fourth-order valence-electron chi connectivity index (χ4n) is 1.35. The highest BCUT2D eigenvalue weighted by Crippen LogP contribution is 2.20. The van der Waals surface area contributed by atoms with Gasteiger partial charge in [-0.15, -0.1) is 0 Å². The first kappa shape index (κ1) is 13.6. The molecule has 0 unspecified atom stereocenters. The van der Waals surface area contributed by atoms with Crippen LogP contribution in [0.5, 0.6) is 0 Å². The number of amides is 1. The van der Waals surface area contributed by atoms with Gasteiger partial charge in [-0.2, -0.15) is 5.90 Å². The minimum Gasteiger partial charge on any atom is -0.479 e. The van der Waals surface area contributed by atoms with E-state index in [-0.39, 0.29) is 0 Å². The summed E-state index contributed by atoms with van der Waals surface area (Å²) in [7, 11) is 0. The number of carbonyl (C=O) groups is 2. The van der Waals surface area contributed by atoms with Crippen LogP contribution in [-0.4, -0.2) is 63.1 Å². The first-order chi connectivity index (χ1) is 7.88. The molecule has 1 heterocycles. The summed E-state index contributed by atoms with van der Waals surface area (Å²) in [5, 5.41) is 38.6. The van der Waals surface area contributed by atoms with Crippen molar-refractivity contribution in [1.29, 1.82) is 0 Å². The van der Waals surface area contributed by atoms with Crippen LogP contribution in [0.15, 0.2) is 0 Å². The Balaban J connectivity index is 2.78. The quantitative estimate of drug-likeness (QED) is 0.272. The van der Waals surface area contributed by atoms with Crippen LogP contribution in [0.2, 0.25) is 0 Å². The highest BCUT2D eigenvalue weighted by atomic mass is 16.7. The highest BCUT2D eigenvalue weighted by Gasteiger charge is 2.47. The zero-order valence-corrected chi connectivity index (χ0v) is 8.39. The molecule has 1 fully saturated rings. The van der Waals surface area contributed by atoms with Crippen molar-refractivity contribution in [2.75, 3.05) is 0 Å². The number of carbonyl (C=O) groups excluding carboxylic acids is 1. The molecule has 0 aromatic carbocycles. The molecule has 17 heavy (non-hydrogen) atoms. The molecule has 0 radical (unpaired) electrons. The lowest BCUT2D eigenvalue weighted by atomic mass is 9.98. The van der Waals surface area contributed by atoms with Crippen LogP contribution in [-0.2, 0) is 14.4 Å². The first-order valence-electron chi connectivity index (χ1n) is 4.48. The van der Waals surface area contributed by atoms with Gasteiger partial charge in [-0.1, -0.05) is 0 Å². The van der Waals surface area contributed by atoms with Crippen molar-refractivity contribution in [2.45, 2.75) is 30.6 Å². The Kier molecular flexibility index (Phi) is 4.20. The van der Waals surface area contributed by atoms with E-state index in [9.17, 15) is 24.9 Å². The average Bonchev–Trinajstić information content (AvgIpc) is 2.29. The lowest BCUT2D eigenvalue weighted by molar-refractivity contribution is -0.232. The van der Waals surface area contributed by atoms with Crippen LogP contribution in [0, 0.1) is 0 Å². The molecule has 0 saturated carbocycles. The highest BCUT2D eigenvalue weighted by molar-refractivity contribution is 5.73. The molecule has 0 aromatic rings. The van der Waals surface area contributed by atoms with Crippen molar-refractivity contribution in [1.82, 2.24) is 5.32 Å². The zero-order valence-electron chi connectivity index (χ0n) is 8.39. The van der Waals surface area contributed by atoms with Gasteiger partial charge in [-0.05, 0) is 0 Å². The van der Waals surface area contributed by atoms with E-state index in [2.05, 4.69) is 15.5 Å². The second-order valence-corrected chi connectivity index (χ2v) is 3.34. The molecular weight excluding hydrogens is 240 g/mol. The van der Waals surface area contributed by atoms with Gasteiger partial charge in [0.15, 0.2) is 12.3 Å². The maximum Gasteiger partial charge on any atom is 0.427 e. The molecule has 0 aliphatic carbocycles. The predicted octanol–water partition coefficient (Wildman–Crippen LogP) is -3.52. The van der Waals surface area contributed by atoms with Crippen LogP contribution in [0.25, 0.3) is 0 Å². The number of carboxylic acids is 1. The van der Waals surface area contributed by atoms with Gasteiger partial charge in [-0.25, -0.2) is 9.59 Å². The third-order valence-corrected chi connectivity index (χ3v) is 2.22. The van der Waals surface area contributed by atoms with Crippen LogP contribution in [0.3, 0.4) is 0 Å². The fraction of sp³-hybridized carbons (Fsp3) is 0.714. The summed E-state index contributed by atoms with van der Waals surface area (Å²) in [6, 6.07) is 0. The van der Waals surface area contributed by atoms with Crippen molar-refractivity contribution < 1.29 is 39.6 Å². The number of rotatable bonds is 2. The Bertz CT molecular complexity index is 310. The van der Waals surface area contributed by atoms with E-state index in [1.54, 1.807) is 0 Å². The number of hydrogen-bond donors (Lipinski definition) is 6. The molecule has 1 saturated heterocycles. The van der Waals surface area contributed by atoms with Gasteiger partial charge in [-0.3, -0.25) is 5.32 Å². The van der Waals surface area contributed by atoms with Gasteiger partial charge in [0, 0.05) is 0 Å². The largest absolute Gasteiger partial charge is 0.479 e. The van der Waals surface area contributed by atoms with Crippen LogP contribution in [0.4, 0.5) is 4.79 Å². The SMILES string of the molecule is NOC(=O)N[C@@H]1O[C@H](C(=O)O)[C@@H](O)[C@H](O)[C@H]1O. The zero-order chi connectivity index (χ0) is 13.2. The number of carboxylic acid groups (broad SMARTS) is 1. The molecule has 5 atom stereocenters. The minimum atomic E-state index is -1.82. The number of hydrogen-bond acceptors (Lipinski definition) is 8. The van der Waals surface area contributed by atoms with Gasteiger partial charge in [0.2, 0.25) is 0 Å². The molecule has 1 aliphatic heterocycles. The molecule has 1 amide bonds. The lowest BCUT2D eigenvalue weighted by Gasteiger charge is -2.38. The monoisotopic (exact) mass is 252 g/mol. The number of aliphatic carboxylic acids is 1. The molecule has 1 rings (SSSR count). The summed E-state index contributed by atoms with van der Waals surface area (Å²) in [4.78, 5) is 25.1. The van der Waals surface area contributed by atoms with Crippen LogP contribution in [0.1, 0.15) is 0 Å². The van der Waals surface area contributed by atoms with Crippen molar-refractivity contribution >= 4 is 12.1 Å². The first-order valence-corrected chi connectivity index (χ1v) is 4.48. The number of nitrogens with two attached hydrogens (primary N) is 1. The van der Waals surface area contributed by atoms with Crippen LogP contribution < -0.4 is 11.2 Å². The number of nitrogens with one attached hydrogen (secondary N) is 1. The average molecular weight is 252 g/mol. The maximum absolute atomic E-state index is 10.7. The Morgan fingerprint density at radius 2 is 1.76 bits per heavy atom. The molecular formula is C7H12N2O8. The van der Waals surface area contributed by atoms with E-state index < -0.39 is 42.7 Å². The van der Waals surface area contributed by atoms with E-state index >= 15 is 0 Å². The van der Waals surface area contributed by atoms with Crippen molar-refractivity contribution in [3.05, 3.63) is 0 Å². The second-order valence-electron chi connectivity index (χ2n) is 3.34. The summed E-state index contributed by atoms with van der Waals surface area (Å²) in [6.07, 6.45) is -9.90. The van der Waals surface area contributed by atoms with Gasteiger partial charge >= 0.3 is 12.1 Å². The van der Waals surface area contributed by atoms with Gasteiger partial charge < -0.3 is 30.0 Å². The van der Waals surface area contributed by atoms with Gasteiger partial charge in [0.25, 0.3) is 0 Å². The molecule has 98 valence electrons. The lowest BCUT2D eigenvalue weighted by Crippen LogP contribution is -2.64. The normalized spacial score (nSPS) is 37.3. The Morgan fingerprint density at radius 1 is 1.18 bits per heavy atom. The smallest absolute Gasteiger partial charge is 0.427 e. The molecule has 0 aromatic heterocycles. The topological polar surface area (TPSA) is 172 Å². The Morgan fingerprint density at radius 3 is 2.24 bits per heavy atom. The van der Waals surface area contributed by atoms with E-state index in [0.717, 1.165) is 0 Å². The minimum absolute atomic E-state index is 1.19. The third kappa shape index (κ3) is 2.81. The molecule has 0 spiro atoms. The van der Waals surface area contributed by atoms with E-state index in [1.165, 1.54) is 0 Å². The summed E-state index contributed by atoms with van der Waals surface area (Å²) in [5.74, 6) is 2.95. The van der Waals surface area contributed by atoms with Gasteiger partial charge in [0.1, 0.15) is 18.3 Å². The number of aliphatic hydroxyl groups is 3. The molecule has 1 aliphatic rings. The summed E-state index contributed by atoms with van der Waals surface area (Å²) < 4.78 is 4.69. The second kappa shape index (κ2) is 5.25. The molecule has 0 bridgehead atoms. The van der Waals surface area contributed by atoms with Crippen molar-refractivity contribution in [3.8, 4) is 0 Å². The van der Waals surface area contributed by atoms with Crippen LogP contribution >= 0.6 is 0 Å². The maximum atomic E-state index is 10.7. The molecule has 7 N–H and O–H groups in total. The molecule has 10 nitrogen and oxygen atoms in total. The number of ether oxygens (including phenoxy) is 1. The molecule has 10 heteroatoms. The third-order valence-electron chi connectivity index (χ3n) is 2.22. The summed E-state index contributed by atoms with van der Waals surface area (Å²) in [6.45, 7) is 0.